The molecule has 22 heavy (non-hydrogen) atoms. The number of alkyl halides is 3. The van der Waals surface area contributed by atoms with Crippen LogP contribution in [0.15, 0.2) is 24.3 Å². The molecule has 0 aliphatic heterocycles. The Hall–Kier alpha value is -1.27. The van der Waals surface area contributed by atoms with Gasteiger partial charge in [-0.05, 0) is 49.4 Å². The van der Waals surface area contributed by atoms with E-state index in [9.17, 15) is 18.3 Å². The molecule has 2 rings (SSSR count). The minimum absolute atomic E-state index is 0.175. The molecule has 1 aromatic carbocycles. The van der Waals surface area contributed by atoms with E-state index in [0.717, 1.165) is 37.8 Å². The van der Waals surface area contributed by atoms with Crippen molar-refractivity contribution in [3.63, 3.8) is 0 Å². The van der Waals surface area contributed by atoms with Crippen LogP contribution in [0.3, 0.4) is 0 Å². The molecule has 124 valence electrons. The minimum Gasteiger partial charge on any atom is -0.484 e. The third kappa shape index (κ3) is 6.23. The normalized spacial score (nSPS) is 22.5. The third-order valence-electron chi connectivity index (χ3n) is 3.84. The number of hydrogen-bond donors (Lipinski definition) is 2. The monoisotopic (exact) mass is 317 g/mol. The van der Waals surface area contributed by atoms with Gasteiger partial charge in [-0.3, -0.25) is 0 Å². The number of halogens is 3. The molecule has 1 aliphatic rings. The second kappa shape index (κ2) is 7.83. The zero-order valence-corrected chi connectivity index (χ0v) is 12.4. The molecule has 0 radical (unpaired) electrons. The Morgan fingerprint density at radius 1 is 1.18 bits per heavy atom. The highest BCUT2D eigenvalue weighted by atomic mass is 19.4. The second-order valence-corrected chi connectivity index (χ2v) is 5.87. The van der Waals surface area contributed by atoms with Gasteiger partial charge in [-0.1, -0.05) is 18.6 Å². The lowest BCUT2D eigenvalue weighted by molar-refractivity contribution is -0.153. The summed E-state index contributed by atoms with van der Waals surface area (Å²) >= 11 is 0. The van der Waals surface area contributed by atoms with Gasteiger partial charge >= 0.3 is 6.18 Å². The van der Waals surface area contributed by atoms with Crippen LogP contribution in [-0.2, 0) is 6.54 Å². The molecule has 2 N–H and O–H groups in total. The van der Waals surface area contributed by atoms with Gasteiger partial charge in [-0.2, -0.15) is 13.2 Å². The molecule has 1 fully saturated rings. The van der Waals surface area contributed by atoms with Crippen LogP contribution in [0.1, 0.15) is 31.2 Å². The quantitative estimate of drug-likeness (QED) is 0.846. The van der Waals surface area contributed by atoms with Crippen molar-refractivity contribution in [1.82, 2.24) is 5.32 Å². The average molecular weight is 317 g/mol. The molecule has 6 heteroatoms. The maximum atomic E-state index is 12.0. The van der Waals surface area contributed by atoms with Crippen LogP contribution in [0.4, 0.5) is 13.2 Å². The maximum Gasteiger partial charge on any atom is 0.422 e. The van der Waals surface area contributed by atoms with E-state index < -0.39 is 12.8 Å². The molecule has 1 aromatic rings. The van der Waals surface area contributed by atoms with Crippen LogP contribution < -0.4 is 10.1 Å². The first-order chi connectivity index (χ1) is 10.4. The SMILES string of the molecule is OC1CCCC(CNCc2ccc(OCC(F)(F)F)cc2)C1. The van der Waals surface area contributed by atoms with Crippen LogP contribution in [0, 0.1) is 5.92 Å². The lowest BCUT2D eigenvalue weighted by Crippen LogP contribution is -2.28. The predicted molar refractivity (Wildman–Crippen MR) is 77.7 cm³/mol. The van der Waals surface area contributed by atoms with E-state index in [-0.39, 0.29) is 11.9 Å². The van der Waals surface area contributed by atoms with E-state index in [1.54, 1.807) is 24.3 Å². The maximum absolute atomic E-state index is 12.0. The molecule has 2 unspecified atom stereocenters. The highest BCUT2D eigenvalue weighted by Gasteiger charge is 2.28. The van der Waals surface area contributed by atoms with Crippen molar-refractivity contribution in [2.45, 2.75) is 44.5 Å². The van der Waals surface area contributed by atoms with Gasteiger partial charge in [0.05, 0.1) is 6.10 Å². The van der Waals surface area contributed by atoms with E-state index in [4.69, 9.17) is 0 Å². The van der Waals surface area contributed by atoms with Gasteiger partial charge in [0.25, 0.3) is 0 Å². The molecule has 2 atom stereocenters. The van der Waals surface area contributed by atoms with Gasteiger partial charge in [0.1, 0.15) is 5.75 Å². The summed E-state index contributed by atoms with van der Waals surface area (Å²) in [6, 6.07) is 6.61. The molecule has 3 nitrogen and oxygen atoms in total. The van der Waals surface area contributed by atoms with Crippen molar-refractivity contribution in [2.75, 3.05) is 13.2 Å². The molecule has 0 spiro atoms. The number of aliphatic hydroxyl groups is 1. The van der Waals surface area contributed by atoms with E-state index in [1.807, 2.05) is 0 Å². The first-order valence-electron chi connectivity index (χ1n) is 7.59. The second-order valence-electron chi connectivity index (χ2n) is 5.87. The van der Waals surface area contributed by atoms with Crippen molar-refractivity contribution >= 4 is 0 Å². The summed E-state index contributed by atoms with van der Waals surface area (Å²) in [6.07, 6.45) is -0.545. The molecular weight excluding hydrogens is 295 g/mol. The first-order valence-corrected chi connectivity index (χ1v) is 7.59. The van der Waals surface area contributed by atoms with Gasteiger partial charge < -0.3 is 15.2 Å². The third-order valence-corrected chi connectivity index (χ3v) is 3.84. The zero-order chi connectivity index (χ0) is 16.0. The molecule has 1 saturated carbocycles. The topological polar surface area (TPSA) is 41.5 Å². The van der Waals surface area contributed by atoms with Crippen molar-refractivity contribution in [3.05, 3.63) is 29.8 Å². The lowest BCUT2D eigenvalue weighted by Gasteiger charge is -2.26. The van der Waals surface area contributed by atoms with E-state index in [1.165, 1.54) is 0 Å². The Labute approximate surface area is 128 Å². The van der Waals surface area contributed by atoms with Crippen molar-refractivity contribution in [2.24, 2.45) is 5.92 Å². The summed E-state index contributed by atoms with van der Waals surface area (Å²) in [6.45, 7) is 0.240. The number of ether oxygens (including phenoxy) is 1. The molecule has 0 heterocycles. The number of aliphatic hydroxyl groups excluding tert-OH is 1. The summed E-state index contributed by atoms with van der Waals surface area (Å²) < 4.78 is 40.8. The molecule has 0 saturated heterocycles. The Kier molecular flexibility index (Phi) is 6.08. The largest absolute Gasteiger partial charge is 0.484 e. The number of nitrogens with one attached hydrogen (secondary N) is 1. The highest BCUT2D eigenvalue weighted by Crippen LogP contribution is 2.23. The summed E-state index contributed by atoms with van der Waals surface area (Å²) in [5.74, 6) is 0.717. The Bertz CT molecular complexity index is 448. The van der Waals surface area contributed by atoms with E-state index in [2.05, 4.69) is 10.1 Å². The smallest absolute Gasteiger partial charge is 0.422 e. The number of benzene rings is 1. The number of hydrogen-bond acceptors (Lipinski definition) is 3. The van der Waals surface area contributed by atoms with Gasteiger partial charge in [-0.25, -0.2) is 0 Å². The predicted octanol–water partition coefficient (Wildman–Crippen LogP) is 3.27. The molecular formula is C16H22F3NO2. The Morgan fingerprint density at radius 3 is 2.55 bits per heavy atom. The highest BCUT2D eigenvalue weighted by molar-refractivity contribution is 5.27. The molecule has 1 aliphatic carbocycles. The van der Waals surface area contributed by atoms with Gasteiger partial charge in [0.2, 0.25) is 0 Å². The fourth-order valence-electron chi connectivity index (χ4n) is 2.74. The van der Waals surface area contributed by atoms with Gasteiger partial charge in [0.15, 0.2) is 6.61 Å². The van der Waals surface area contributed by atoms with Crippen molar-refractivity contribution < 1.29 is 23.0 Å². The molecule has 0 aromatic heterocycles. The fraction of sp³-hybridized carbons (Fsp3) is 0.625. The summed E-state index contributed by atoms with van der Waals surface area (Å²) in [5.41, 5.74) is 0.996. The van der Waals surface area contributed by atoms with Crippen molar-refractivity contribution in [1.29, 1.82) is 0 Å². The van der Waals surface area contributed by atoms with Crippen LogP contribution in [0.2, 0.25) is 0 Å². The minimum atomic E-state index is -4.31. The van der Waals surface area contributed by atoms with Crippen LogP contribution in [0.5, 0.6) is 5.75 Å². The Balaban J connectivity index is 1.70. The standard InChI is InChI=1S/C16H22F3NO2/c17-16(18,19)11-22-15-6-4-12(5-7-15)9-20-10-13-2-1-3-14(21)8-13/h4-7,13-14,20-21H,1-3,8-11H2. The number of rotatable bonds is 6. The molecule has 0 bridgehead atoms. The van der Waals surface area contributed by atoms with Crippen molar-refractivity contribution in [3.8, 4) is 5.75 Å². The summed E-state index contributed by atoms with van der Waals surface area (Å²) in [5, 5.41) is 12.9. The Morgan fingerprint density at radius 2 is 1.91 bits per heavy atom. The fourth-order valence-corrected chi connectivity index (χ4v) is 2.74. The van der Waals surface area contributed by atoms with Crippen LogP contribution in [-0.4, -0.2) is 30.5 Å². The lowest BCUT2D eigenvalue weighted by atomic mass is 9.87. The average Bonchev–Trinajstić information content (AvgIpc) is 2.46. The van der Waals surface area contributed by atoms with Crippen LogP contribution >= 0.6 is 0 Å². The van der Waals surface area contributed by atoms with Gasteiger partial charge in [-0.15, -0.1) is 0 Å². The first kappa shape index (κ1) is 17.1. The van der Waals surface area contributed by atoms with E-state index >= 15 is 0 Å². The molecule has 0 amide bonds. The summed E-state index contributed by atoms with van der Waals surface area (Å²) in [4.78, 5) is 0. The zero-order valence-electron chi connectivity index (χ0n) is 12.4. The van der Waals surface area contributed by atoms with E-state index in [0.29, 0.717) is 12.5 Å². The van der Waals surface area contributed by atoms with Gasteiger partial charge in [0, 0.05) is 6.54 Å². The summed E-state index contributed by atoms with van der Waals surface area (Å²) in [7, 11) is 0. The van der Waals surface area contributed by atoms with Crippen LogP contribution in [0.25, 0.3) is 0 Å².